The molecule has 0 saturated carbocycles. The molecule has 0 N–H and O–H groups in total. The van der Waals surface area contributed by atoms with Gasteiger partial charge in [-0.15, -0.1) is 3.77 Å². The highest BCUT2D eigenvalue weighted by Gasteiger charge is 2.15. The van der Waals surface area contributed by atoms with Crippen molar-refractivity contribution in [3.05, 3.63) is 58.3 Å². The Balaban J connectivity index is 2.34. The summed E-state index contributed by atoms with van der Waals surface area (Å²) in [5.74, 6) is 0. The lowest BCUT2D eigenvalue weighted by atomic mass is 10.3. The predicted octanol–water partition coefficient (Wildman–Crippen LogP) is 2.48. The van der Waals surface area contributed by atoms with Crippen LogP contribution < -0.4 is 0 Å². The fraction of sp³-hybridized carbons (Fsp3) is 0.154. The topological polar surface area (TPSA) is 103 Å². The van der Waals surface area contributed by atoms with Crippen LogP contribution in [0.3, 0.4) is 0 Å². The molecule has 116 valence electrons. The molecule has 0 radical (unpaired) electrons. The van der Waals surface area contributed by atoms with Crippen molar-refractivity contribution in [2.45, 2.75) is 16.8 Å². The molecule has 22 heavy (non-hydrogen) atoms. The number of hydrogen-bond donors (Lipinski definition) is 0. The van der Waals surface area contributed by atoms with Crippen LogP contribution in [0.4, 0.5) is 5.69 Å². The van der Waals surface area contributed by atoms with Gasteiger partial charge in [0, 0.05) is 23.2 Å². The Morgan fingerprint density at radius 3 is 2.32 bits per heavy atom. The van der Waals surface area contributed by atoms with E-state index in [1.54, 1.807) is 12.3 Å². The minimum atomic E-state index is -3.86. The first-order chi connectivity index (χ1) is 10.3. The van der Waals surface area contributed by atoms with Gasteiger partial charge in [-0.05, 0) is 36.9 Å². The molecule has 9 heteroatoms. The van der Waals surface area contributed by atoms with Gasteiger partial charge in [0.05, 0.1) is 4.92 Å². The lowest BCUT2D eigenvalue weighted by Crippen LogP contribution is -2.02. The summed E-state index contributed by atoms with van der Waals surface area (Å²) >= 11 is 0. The fourth-order valence-corrected chi connectivity index (χ4v) is 4.38. The summed E-state index contributed by atoms with van der Waals surface area (Å²) in [5.41, 5.74) is 0.800. The first-order valence-electron chi connectivity index (χ1n) is 6.11. The summed E-state index contributed by atoms with van der Waals surface area (Å²) in [6, 6.07) is 8.71. The average molecular weight is 339 g/mol. The number of aryl methyl sites for hydroxylation is 1. The number of rotatable bonds is 4. The Kier molecular flexibility index (Phi) is 4.67. The van der Waals surface area contributed by atoms with Gasteiger partial charge in [0.25, 0.3) is 5.69 Å². The smallest absolute Gasteiger partial charge is 0.258 e. The number of pyridine rings is 1. The third-order valence-corrected chi connectivity index (χ3v) is 6.15. The van der Waals surface area contributed by atoms with Gasteiger partial charge in [-0.2, -0.15) is 8.42 Å². The van der Waals surface area contributed by atoms with Crippen LogP contribution in [0.25, 0.3) is 0 Å². The molecule has 7 nitrogen and oxygen atoms in total. The number of hydrogen-bond acceptors (Lipinski definition) is 5. The van der Waals surface area contributed by atoms with Gasteiger partial charge in [0.15, 0.2) is 5.03 Å². The van der Waals surface area contributed by atoms with Crippen LogP contribution in [0, 0.1) is 17.0 Å². The van der Waals surface area contributed by atoms with Crippen LogP contribution in [-0.4, -0.2) is 24.6 Å². The molecule has 2 rings (SSSR count). The molecular weight excluding hydrogens is 326 g/mol. The van der Waals surface area contributed by atoms with Crippen LogP contribution in [0.1, 0.15) is 5.56 Å². The molecule has 1 aromatic heterocycles. The molecule has 0 saturated heterocycles. The number of nitro benzene ring substituents is 1. The van der Waals surface area contributed by atoms with Crippen molar-refractivity contribution in [1.29, 1.82) is 0 Å². The molecule has 1 unspecified atom stereocenters. The fourth-order valence-electron chi connectivity index (χ4n) is 1.60. The molecular formula is C13H13N3O4S2. The van der Waals surface area contributed by atoms with E-state index >= 15 is 0 Å². The van der Waals surface area contributed by atoms with Gasteiger partial charge >= 0.3 is 10.0 Å². The van der Waals surface area contributed by atoms with Crippen LogP contribution in [0.5, 0.6) is 0 Å². The SMILES string of the molecule is Cc1ccc(S(=O)(=O)N=S(C)c2ccc([N+](=O)[O-])cc2)nc1. The number of nitro groups is 1. The zero-order valence-corrected chi connectivity index (χ0v) is 13.5. The lowest BCUT2D eigenvalue weighted by Gasteiger charge is -2.03. The minimum Gasteiger partial charge on any atom is -0.258 e. The first kappa shape index (κ1) is 16.2. The summed E-state index contributed by atoms with van der Waals surface area (Å²) in [5, 5.41) is 10.5. The van der Waals surface area contributed by atoms with E-state index in [1.165, 1.54) is 36.5 Å². The summed E-state index contributed by atoms with van der Waals surface area (Å²) in [7, 11) is -4.81. The van der Waals surface area contributed by atoms with Gasteiger partial charge < -0.3 is 0 Å². The van der Waals surface area contributed by atoms with Crippen LogP contribution in [0.2, 0.25) is 0 Å². The van der Waals surface area contributed by atoms with Crippen molar-refractivity contribution in [3.63, 3.8) is 0 Å². The van der Waals surface area contributed by atoms with Crippen LogP contribution >= 0.6 is 0 Å². The normalized spacial score (nSPS) is 13.0. The summed E-state index contributed by atoms with van der Waals surface area (Å²) in [6.07, 6.45) is 3.09. The molecule has 0 bridgehead atoms. The lowest BCUT2D eigenvalue weighted by molar-refractivity contribution is -0.384. The van der Waals surface area contributed by atoms with Gasteiger partial charge in [-0.25, -0.2) is 4.98 Å². The van der Waals surface area contributed by atoms with E-state index in [4.69, 9.17) is 0 Å². The maximum absolute atomic E-state index is 12.2. The van der Waals surface area contributed by atoms with Gasteiger partial charge in [-0.3, -0.25) is 10.1 Å². The predicted molar refractivity (Wildman–Crippen MR) is 83.2 cm³/mol. The standard InChI is InChI=1S/C13H13N3O4S2/c1-10-3-8-13(14-9-10)22(19,20)15-21(2)12-6-4-11(5-7-12)16(17)18/h3-9H,1-2H3. The second-order valence-corrected chi connectivity index (χ2v) is 7.84. The summed E-state index contributed by atoms with van der Waals surface area (Å²) in [6.45, 7) is 1.81. The Hall–Kier alpha value is -2.13. The average Bonchev–Trinajstić information content (AvgIpc) is 2.47. The number of sulfonamides is 1. The van der Waals surface area contributed by atoms with Crippen molar-refractivity contribution in [2.24, 2.45) is 3.77 Å². The second-order valence-electron chi connectivity index (χ2n) is 4.45. The van der Waals surface area contributed by atoms with Crippen molar-refractivity contribution >= 4 is 26.4 Å². The van der Waals surface area contributed by atoms with Gasteiger partial charge in [-0.1, -0.05) is 16.8 Å². The first-order valence-corrected chi connectivity index (χ1v) is 9.14. The zero-order valence-electron chi connectivity index (χ0n) is 11.8. The molecule has 0 spiro atoms. The van der Waals surface area contributed by atoms with Crippen molar-refractivity contribution < 1.29 is 13.3 Å². The van der Waals surface area contributed by atoms with E-state index < -0.39 is 25.6 Å². The maximum Gasteiger partial charge on any atom is 0.305 e. The molecule has 2 aromatic rings. The Labute approximate surface area is 130 Å². The highest BCUT2D eigenvalue weighted by Crippen LogP contribution is 2.17. The maximum atomic E-state index is 12.2. The van der Waals surface area contributed by atoms with Crippen LogP contribution in [0.15, 0.2) is 56.3 Å². The Bertz CT molecular complexity index is 829. The number of benzene rings is 1. The molecule has 0 aliphatic rings. The quantitative estimate of drug-likeness (QED) is 0.629. The second kappa shape index (κ2) is 6.32. The van der Waals surface area contributed by atoms with E-state index in [1.807, 2.05) is 6.92 Å². The molecule has 0 fully saturated rings. The largest absolute Gasteiger partial charge is 0.305 e. The number of nitrogens with zero attached hydrogens (tertiary/aromatic N) is 3. The Morgan fingerprint density at radius 1 is 1.18 bits per heavy atom. The van der Waals surface area contributed by atoms with Gasteiger partial charge in [0.2, 0.25) is 0 Å². The van der Waals surface area contributed by atoms with E-state index in [0.29, 0.717) is 4.90 Å². The van der Waals surface area contributed by atoms with E-state index in [2.05, 4.69) is 8.75 Å². The third kappa shape index (κ3) is 3.74. The van der Waals surface area contributed by atoms with E-state index in [0.717, 1.165) is 5.56 Å². The highest BCUT2D eigenvalue weighted by molar-refractivity contribution is 7.99. The van der Waals surface area contributed by atoms with E-state index in [9.17, 15) is 18.5 Å². The van der Waals surface area contributed by atoms with Gasteiger partial charge in [0.1, 0.15) is 0 Å². The number of non-ortho nitro benzene ring substituents is 1. The molecule has 0 aliphatic carbocycles. The molecule has 1 aromatic carbocycles. The Morgan fingerprint density at radius 2 is 1.82 bits per heavy atom. The van der Waals surface area contributed by atoms with Crippen molar-refractivity contribution in [1.82, 2.24) is 4.98 Å². The van der Waals surface area contributed by atoms with Crippen molar-refractivity contribution in [2.75, 3.05) is 6.26 Å². The van der Waals surface area contributed by atoms with Crippen LogP contribution in [-0.2, 0) is 20.7 Å². The van der Waals surface area contributed by atoms with Crippen molar-refractivity contribution in [3.8, 4) is 0 Å². The molecule has 0 aliphatic heterocycles. The monoisotopic (exact) mass is 339 g/mol. The molecule has 1 heterocycles. The highest BCUT2D eigenvalue weighted by atomic mass is 32.3. The third-order valence-electron chi connectivity index (χ3n) is 2.75. The minimum absolute atomic E-state index is 0.0520. The molecule has 1 atom stereocenters. The molecule has 0 amide bonds. The summed E-state index contributed by atoms with van der Waals surface area (Å²) in [4.78, 5) is 14.6. The zero-order chi connectivity index (χ0) is 16.3. The summed E-state index contributed by atoms with van der Waals surface area (Å²) < 4.78 is 28.2. The van der Waals surface area contributed by atoms with E-state index in [-0.39, 0.29) is 10.7 Å². The number of aromatic nitrogens is 1.